The molecule has 2 aliphatic carbocycles. The Bertz CT molecular complexity index is 621. The highest BCUT2D eigenvalue weighted by molar-refractivity contribution is 6.83. The van der Waals surface area contributed by atoms with Gasteiger partial charge in [-0.3, -0.25) is 4.90 Å². The van der Waals surface area contributed by atoms with E-state index in [9.17, 15) is 0 Å². The van der Waals surface area contributed by atoms with Crippen molar-refractivity contribution in [2.24, 2.45) is 11.8 Å². The molecule has 1 heterocycles. The summed E-state index contributed by atoms with van der Waals surface area (Å²) < 4.78 is 0. The Balaban J connectivity index is 1.57. The molecule has 4 rings (SSSR count). The first kappa shape index (κ1) is 14.5. The second-order valence-corrected chi connectivity index (χ2v) is 13.3. The smallest absolute Gasteiger partial charge is 0.129 e. The van der Waals surface area contributed by atoms with E-state index in [4.69, 9.17) is 0 Å². The first-order chi connectivity index (χ1) is 10.5. The second-order valence-electron chi connectivity index (χ2n) is 8.53. The van der Waals surface area contributed by atoms with Crippen molar-refractivity contribution >= 4 is 8.07 Å². The zero-order valence-corrected chi connectivity index (χ0v) is 15.1. The van der Waals surface area contributed by atoms with Crippen molar-refractivity contribution in [2.75, 3.05) is 0 Å². The third kappa shape index (κ3) is 2.26. The quantitative estimate of drug-likeness (QED) is 0.447. The maximum atomic E-state index is 3.71. The average Bonchev–Trinajstić information content (AvgIpc) is 2.91. The van der Waals surface area contributed by atoms with E-state index >= 15 is 0 Å². The molecular weight excluding hydrogens is 282 g/mol. The van der Waals surface area contributed by atoms with Gasteiger partial charge in [-0.05, 0) is 30.2 Å². The third-order valence-electron chi connectivity index (χ3n) is 5.92. The summed E-state index contributed by atoms with van der Waals surface area (Å²) in [5.74, 6) is 5.66. The minimum Gasteiger partial charge on any atom is -0.275 e. The standard InChI is InChI=1S/C20H27NSi/c1-22(2,3)13-12-19-20(14-17-10-7-11-18(17)20)21(19)15-16-8-5-4-6-9-16/h4-6,8-9,17-19H,7,10-11,14-15H2,1-3H3/t17-,18-,19+,20+,21?/m0/s1. The zero-order valence-electron chi connectivity index (χ0n) is 14.1. The van der Waals surface area contributed by atoms with E-state index in [1.165, 1.54) is 31.2 Å². The van der Waals surface area contributed by atoms with Gasteiger partial charge < -0.3 is 0 Å². The van der Waals surface area contributed by atoms with E-state index < -0.39 is 8.07 Å². The summed E-state index contributed by atoms with van der Waals surface area (Å²) in [6, 6.07) is 11.5. The Labute approximate surface area is 136 Å². The van der Waals surface area contributed by atoms with E-state index in [-0.39, 0.29) is 0 Å². The van der Waals surface area contributed by atoms with Gasteiger partial charge in [0, 0.05) is 6.54 Å². The molecule has 0 N–H and O–H groups in total. The van der Waals surface area contributed by atoms with Crippen molar-refractivity contribution < 1.29 is 0 Å². The maximum Gasteiger partial charge on any atom is 0.129 e. The van der Waals surface area contributed by atoms with Crippen LogP contribution in [0.15, 0.2) is 30.3 Å². The minimum atomic E-state index is -1.27. The summed E-state index contributed by atoms with van der Waals surface area (Å²) in [5, 5.41) is 0. The molecule has 1 aliphatic heterocycles. The van der Waals surface area contributed by atoms with E-state index in [0.717, 1.165) is 18.4 Å². The molecule has 5 atom stereocenters. The highest BCUT2D eigenvalue weighted by Crippen LogP contribution is 2.67. The normalized spacial score (nSPS) is 38.9. The Morgan fingerprint density at radius 3 is 2.64 bits per heavy atom. The number of hydrogen-bond donors (Lipinski definition) is 0. The summed E-state index contributed by atoms with van der Waals surface area (Å²) in [6.07, 6.45) is 5.78. The molecule has 2 heteroatoms. The fraction of sp³-hybridized carbons (Fsp3) is 0.600. The maximum absolute atomic E-state index is 3.71. The van der Waals surface area contributed by atoms with Gasteiger partial charge in [0.2, 0.25) is 0 Å². The second kappa shape index (κ2) is 4.98. The van der Waals surface area contributed by atoms with E-state index in [2.05, 4.69) is 66.3 Å². The van der Waals surface area contributed by atoms with Gasteiger partial charge in [0.05, 0.1) is 11.6 Å². The topological polar surface area (TPSA) is 3.01 Å². The highest BCUT2D eigenvalue weighted by Gasteiger charge is 2.73. The first-order valence-corrected chi connectivity index (χ1v) is 12.3. The predicted molar refractivity (Wildman–Crippen MR) is 95.1 cm³/mol. The van der Waals surface area contributed by atoms with Crippen LogP contribution in [0, 0.1) is 23.3 Å². The van der Waals surface area contributed by atoms with E-state index in [1.54, 1.807) is 0 Å². The molecule has 3 fully saturated rings. The van der Waals surface area contributed by atoms with Gasteiger partial charge >= 0.3 is 0 Å². The van der Waals surface area contributed by atoms with Crippen molar-refractivity contribution in [3.05, 3.63) is 35.9 Å². The monoisotopic (exact) mass is 309 g/mol. The van der Waals surface area contributed by atoms with Crippen molar-refractivity contribution in [3.63, 3.8) is 0 Å². The largest absolute Gasteiger partial charge is 0.275 e. The summed E-state index contributed by atoms with van der Waals surface area (Å²) in [6.45, 7) is 8.16. The van der Waals surface area contributed by atoms with Crippen LogP contribution in [0.1, 0.15) is 31.2 Å². The van der Waals surface area contributed by atoms with Gasteiger partial charge in [-0.15, -0.1) is 5.54 Å². The molecule has 1 spiro atoms. The summed E-state index contributed by atoms with van der Waals surface area (Å²) in [4.78, 5) is 2.72. The van der Waals surface area contributed by atoms with Gasteiger partial charge in [0.15, 0.2) is 0 Å². The molecule has 1 nitrogen and oxygen atoms in total. The van der Waals surface area contributed by atoms with Gasteiger partial charge in [-0.2, -0.15) is 0 Å². The van der Waals surface area contributed by atoms with Crippen LogP contribution >= 0.6 is 0 Å². The molecular formula is C20H27NSi. The molecule has 1 unspecified atom stereocenters. The van der Waals surface area contributed by atoms with Crippen LogP contribution in [0.4, 0.5) is 0 Å². The van der Waals surface area contributed by atoms with Crippen LogP contribution in [-0.4, -0.2) is 24.6 Å². The van der Waals surface area contributed by atoms with E-state index in [1.807, 2.05) is 0 Å². The fourth-order valence-electron chi connectivity index (χ4n) is 4.91. The predicted octanol–water partition coefficient (Wildman–Crippen LogP) is 4.31. The SMILES string of the molecule is C[Si](C)(C)C#C[C@H]1N(Cc2ccccc2)[C@@]12C[C@@H]1CCC[C@@H]12. The Kier molecular flexibility index (Phi) is 3.29. The minimum absolute atomic E-state index is 0.462. The number of rotatable bonds is 2. The van der Waals surface area contributed by atoms with Crippen LogP contribution in [0.5, 0.6) is 0 Å². The van der Waals surface area contributed by atoms with Crippen molar-refractivity contribution in [1.29, 1.82) is 0 Å². The molecule has 0 radical (unpaired) electrons. The number of hydrogen-bond acceptors (Lipinski definition) is 1. The summed E-state index contributed by atoms with van der Waals surface area (Å²) in [5.41, 5.74) is 5.56. The molecule has 0 aromatic heterocycles. The Morgan fingerprint density at radius 1 is 1.18 bits per heavy atom. The van der Waals surface area contributed by atoms with Gasteiger partial charge in [-0.1, -0.05) is 68.7 Å². The molecule has 1 aromatic carbocycles. The molecule has 2 saturated carbocycles. The number of benzene rings is 1. The number of nitrogens with zero attached hydrogens (tertiary/aromatic N) is 1. The number of fused-ring (bicyclic) bond motifs is 2. The Morgan fingerprint density at radius 2 is 1.95 bits per heavy atom. The Hall–Kier alpha value is -1.04. The lowest BCUT2D eigenvalue weighted by Crippen LogP contribution is -2.45. The summed E-state index contributed by atoms with van der Waals surface area (Å²) in [7, 11) is -1.27. The lowest BCUT2D eigenvalue weighted by atomic mass is 9.64. The molecule has 1 aromatic rings. The third-order valence-corrected chi connectivity index (χ3v) is 6.82. The van der Waals surface area contributed by atoms with Crippen LogP contribution < -0.4 is 0 Å². The van der Waals surface area contributed by atoms with Crippen LogP contribution in [0.25, 0.3) is 0 Å². The first-order valence-electron chi connectivity index (χ1n) is 8.84. The van der Waals surface area contributed by atoms with Gasteiger partial charge in [0.25, 0.3) is 0 Å². The molecule has 0 bridgehead atoms. The average molecular weight is 310 g/mol. The zero-order chi connectivity index (χ0) is 15.4. The van der Waals surface area contributed by atoms with Crippen LogP contribution in [0.3, 0.4) is 0 Å². The molecule has 0 amide bonds. The molecule has 22 heavy (non-hydrogen) atoms. The van der Waals surface area contributed by atoms with Gasteiger partial charge in [0.1, 0.15) is 8.07 Å². The molecule has 116 valence electrons. The lowest BCUT2D eigenvalue weighted by Gasteiger charge is -2.42. The van der Waals surface area contributed by atoms with E-state index in [0.29, 0.717) is 11.6 Å². The van der Waals surface area contributed by atoms with Crippen molar-refractivity contribution in [1.82, 2.24) is 4.90 Å². The van der Waals surface area contributed by atoms with Crippen molar-refractivity contribution in [2.45, 2.75) is 63.4 Å². The molecule has 1 saturated heterocycles. The molecule has 3 aliphatic rings. The van der Waals surface area contributed by atoms with Crippen molar-refractivity contribution in [3.8, 4) is 11.5 Å². The highest BCUT2D eigenvalue weighted by atomic mass is 28.3. The fourth-order valence-corrected chi connectivity index (χ4v) is 5.48. The summed E-state index contributed by atoms with van der Waals surface area (Å²) >= 11 is 0. The van der Waals surface area contributed by atoms with Gasteiger partial charge in [-0.25, -0.2) is 0 Å². The van der Waals surface area contributed by atoms with Crippen LogP contribution in [0.2, 0.25) is 19.6 Å². The van der Waals surface area contributed by atoms with Crippen LogP contribution in [-0.2, 0) is 6.54 Å². The lowest BCUT2D eigenvalue weighted by molar-refractivity contribution is 0.0947.